The monoisotopic (exact) mass is 405 g/mol. The summed E-state index contributed by atoms with van der Waals surface area (Å²) in [6.45, 7) is 4.28. The highest BCUT2D eigenvalue weighted by atomic mass is 32.2. The third-order valence-corrected chi connectivity index (χ3v) is 5.73. The van der Waals surface area contributed by atoms with Crippen molar-refractivity contribution >= 4 is 15.5 Å². The molecule has 0 amide bonds. The summed E-state index contributed by atoms with van der Waals surface area (Å²) in [4.78, 5) is -0.411. The molecule has 0 saturated carbocycles. The molecule has 148 valence electrons. The van der Waals surface area contributed by atoms with Crippen LogP contribution in [0.15, 0.2) is 65.7 Å². The van der Waals surface area contributed by atoms with Gasteiger partial charge in [-0.1, -0.05) is 44.2 Å². The zero-order valence-electron chi connectivity index (χ0n) is 15.5. The molecule has 0 radical (unpaired) electrons. The van der Waals surface area contributed by atoms with Crippen molar-refractivity contribution in [3.05, 3.63) is 72.1 Å². The number of hydrogen-bond acceptors (Lipinski definition) is 4. The van der Waals surface area contributed by atoms with Gasteiger partial charge in [0.05, 0.1) is 22.0 Å². The fraction of sp³-hybridized carbons (Fsp3) is 0.250. The molecular weight excluding hydrogens is 384 g/mol. The summed E-state index contributed by atoms with van der Waals surface area (Å²) in [6, 6.07) is 15.3. The Morgan fingerprint density at radius 3 is 2.32 bits per heavy atom. The number of alkyl halides is 2. The number of nitrogens with one attached hydrogen (secondary N) is 1. The van der Waals surface area contributed by atoms with Gasteiger partial charge in [0.25, 0.3) is 0 Å². The summed E-state index contributed by atoms with van der Waals surface area (Å²) in [7, 11) is -4.69. The van der Waals surface area contributed by atoms with E-state index in [1.54, 1.807) is 10.7 Å². The molecular formula is C20H21F2N3O2S. The Labute approximate surface area is 162 Å². The van der Waals surface area contributed by atoms with E-state index in [0.29, 0.717) is 0 Å². The molecule has 1 heterocycles. The lowest BCUT2D eigenvalue weighted by atomic mass is 10.1. The minimum Gasteiger partial charge on any atom is -0.380 e. The Morgan fingerprint density at radius 1 is 1.04 bits per heavy atom. The van der Waals surface area contributed by atoms with Gasteiger partial charge in [0.2, 0.25) is 9.84 Å². The van der Waals surface area contributed by atoms with E-state index in [1.165, 1.54) is 18.2 Å². The maximum atomic E-state index is 13.0. The molecule has 0 aliphatic carbocycles. The van der Waals surface area contributed by atoms with E-state index >= 15 is 0 Å². The van der Waals surface area contributed by atoms with Crippen LogP contribution in [0.1, 0.15) is 31.0 Å². The minimum absolute atomic E-state index is 0.141. The topological polar surface area (TPSA) is 64.0 Å². The standard InChI is InChI=1S/C20H21F2N3O2S/c1-14(2)19-15(13-25(24-19)16-8-4-3-5-9-16)12-23-17-10-6-7-11-18(17)28(26,27)20(21)22/h3-11,13-14,20,23H,12H2,1-2H3. The molecule has 3 aromatic rings. The SMILES string of the molecule is CC(C)c1nn(-c2ccccc2)cc1CNc1ccccc1S(=O)(=O)C(F)F. The highest BCUT2D eigenvalue weighted by Gasteiger charge is 2.29. The van der Waals surface area contributed by atoms with Gasteiger partial charge in [-0.05, 0) is 30.2 Å². The quantitative estimate of drug-likeness (QED) is 0.624. The summed E-state index contributed by atoms with van der Waals surface area (Å²) in [5.41, 5.74) is 2.76. The van der Waals surface area contributed by atoms with Crippen LogP contribution in [-0.4, -0.2) is 24.0 Å². The molecule has 0 atom stereocenters. The van der Waals surface area contributed by atoms with Crippen LogP contribution < -0.4 is 5.32 Å². The lowest BCUT2D eigenvalue weighted by Gasteiger charge is -2.12. The second-order valence-corrected chi connectivity index (χ2v) is 8.52. The Morgan fingerprint density at radius 2 is 1.68 bits per heavy atom. The van der Waals surface area contributed by atoms with Crippen molar-refractivity contribution in [2.45, 2.75) is 37.0 Å². The molecule has 5 nitrogen and oxygen atoms in total. The van der Waals surface area contributed by atoms with Gasteiger partial charge in [0.15, 0.2) is 0 Å². The number of benzene rings is 2. The van der Waals surface area contributed by atoms with Crippen LogP contribution in [0.3, 0.4) is 0 Å². The van der Waals surface area contributed by atoms with Crippen LogP contribution in [-0.2, 0) is 16.4 Å². The molecule has 1 N–H and O–H groups in total. The first-order valence-corrected chi connectivity index (χ1v) is 10.3. The van der Waals surface area contributed by atoms with Gasteiger partial charge >= 0.3 is 5.76 Å². The summed E-state index contributed by atoms with van der Waals surface area (Å²) < 4.78 is 51.5. The molecule has 0 aliphatic heterocycles. The Hall–Kier alpha value is -2.74. The fourth-order valence-corrected chi connectivity index (χ4v) is 3.81. The molecule has 0 fully saturated rings. The summed E-state index contributed by atoms with van der Waals surface area (Å²) >= 11 is 0. The Balaban J connectivity index is 1.91. The largest absolute Gasteiger partial charge is 0.380 e. The second-order valence-electron chi connectivity index (χ2n) is 6.63. The van der Waals surface area contributed by atoms with Gasteiger partial charge in [0.1, 0.15) is 0 Å². The average molecular weight is 405 g/mol. The predicted octanol–water partition coefficient (Wildman–Crippen LogP) is 4.60. The molecule has 0 unspecified atom stereocenters. The van der Waals surface area contributed by atoms with Gasteiger partial charge < -0.3 is 5.32 Å². The van der Waals surface area contributed by atoms with Gasteiger partial charge in [-0.15, -0.1) is 0 Å². The van der Waals surface area contributed by atoms with E-state index in [4.69, 9.17) is 0 Å². The first kappa shape index (κ1) is 20.0. The van der Waals surface area contributed by atoms with Gasteiger partial charge in [-0.25, -0.2) is 13.1 Å². The smallest absolute Gasteiger partial charge is 0.341 e. The van der Waals surface area contributed by atoms with Gasteiger partial charge in [-0.3, -0.25) is 0 Å². The lowest BCUT2D eigenvalue weighted by molar-refractivity contribution is 0.235. The summed E-state index contributed by atoms with van der Waals surface area (Å²) in [5.74, 6) is -3.33. The maximum Gasteiger partial charge on any atom is 0.341 e. The van der Waals surface area contributed by atoms with Crippen LogP contribution in [0.2, 0.25) is 0 Å². The summed E-state index contributed by atoms with van der Waals surface area (Å²) in [6.07, 6.45) is 1.86. The van der Waals surface area contributed by atoms with Crippen LogP contribution in [0.5, 0.6) is 0 Å². The Kier molecular flexibility index (Phi) is 5.79. The number of halogens is 2. The van der Waals surface area contributed by atoms with Crippen molar-refractivity contribution in [1.82, 2.24) is 9.78 Å². The zero-order chi connectivity index (χ0) is 20.3. The molecule has 1 aromatic heterocycles. The molecule has 0 spiro atoms. The van der Waals surface area contributed by atoms with Gasteiger partial charge in [-0.2, -0.15) is 13.9 Å². The van der Waals surface area contributed by atoms with Crippen molar-refractivity contribution in [2.75, 3.05) is 5.32 Å². The van der Waals surface area contributed by atoms with Crippen molar-refractivity contribution < 1.29 is 17.2 Å². The van der Waals surface area contributed by atoms with Crippen LogP contribution in [0.25, 0.3) is 5.69 Å². The highest BCUT2D eigenvalue weighted by Crippen LogP contribution is 2.27. The van der Waals surface area contributed by atoms with Gasteiger partial charge in [0, 0.05) is 18.3 Å². The second kappa shape index (κ2) is 8.10. The number of para-hydroxylation sites is 2. The molecule has 0 bridgehead atoms. The number of rotatable bonds is 7. The number of sulfone groups is 1. The summed E-state index contributed by atoms with van der Waals surface area (Å²) in [5, 5.41) is 7.61. The average Bonchev–Trinajstić information content (AvgIpc) is 3.12. The molecule has 0 aliphatic rings. The Bertz CT molecular complexity index is 1050. The third kappa shape index (κ3) is 4.06. The fourth-order valence-electron chi connectivity index (χ4n) is 2.91. The lowest BCUT2D eigenvalue weighted by Crippen LogP contribution is -2.14. The van der Waals surface area contributed by atoms with Crippen molar-refractivity contribution in [3.63, 3.8) is 0 Å². The van der Waals surface area contributed by atoms with E-state index in [0.717, 1.165) is 16.9 Å². The number of nitrogens with zero attached hydrogens (tertiary/aromatic N) is 2. The van der Waals surface area contributed by atoms with E-state index in [-0.39, 0.29) is 18.2 Å². The zero-order valence-corrected chi connectivity index (χ0v) is 16.3. The predicted molar refractivity (Wildman–Crippen MR) is 105 cm³/mol. The maximum absolute atomic E-state index is 13.0. The number of aromatic nitrogens is 2. The molecule has 3 rings (SSSR count). The normalized spacial score (nSPS) is 11.9. The molecule has 8 heteroatoms. The van der Waals surface area contributed by atoms with Crippen molar-refractivity contribution in [1.29, 1.82) is 0 Å². The van der Waals surface area contributed by atoms with Crippen LogP contribution >= 0.6 is 0 Å². The molecule has 0 saturated heterocycles. The van der Waals surface area contributed by atoms with E-state index in [1.807, 2.05) is 50.4 Å². The van der Waals surface area contributed by atoms with E-state index in [2.05, 4.69) is 10.4 Å². The van der Waals surface area contributed by atoms with Crippen molar-refractivity contribution in [3.8, 4) is 5.69 Å². The first-order valence-electron chi connectivity index (χ1n) is 8.79. The third-order valence-electron chi connectivity index (χ3n) is 4.29. The number of anilines is 1. The van der Waals surface area contributed by atoms with Crippen LogP contribution in [0.4, 0.5) is 14.5 Å². The highest BCUT2D eigenvalue weighted by molar-refractivity contribution is 7.91. The van der Waals surface area contributed by atoms with E-state index in [9.17, 15) is 17.2 Å². The van der Waals surface area contributed by atoms with E-state index < -0.39 is 20.5 Å². The number of hydrogen-bond donors (Lipinski definition) is 1. The van der Waals surface area contributed by atoms with Crippen molar-refractivity contribution in [2.24, 2.45) is 0 Å². The minimum atomic E-state index is -4.69. The first-order chi connectivity index (χ1) is 13.3. The molecule has 2 aromatic carbocycles. The molecule has 28 heavy (non-hydrogen) atoms. The van der Waals surface area contributed by atoms with Crippen LogP contribution in [0, 0.1) is 0 Å².